The van der Waals surface area contributed by atoms with Crippen molar-refractivity contribution in [3.63, 3.8) is 0 Å². The van der Waals surface area contributed by atoms with Crippen molar-refractivity contribution < 1.29 is 145 Å². The van der Waals surface area contributed by atoms with Crippen molar-refractivity contribution >= 4 is 147 Å². The predicted octanol–water partition coefficient (Wildman–Crippen LogP) is 0.0706. The molecule has 2 aromatic rings. The first-order valence-corrected chi connectivity index (χ1v) is 49.2. The standard InChI is InChI=1S/C95H144N18O30S/c1-12-58(4)83(109-94(140)95(7,8)110(9)10)92(137)111(11)67(57(2)3)54-69(143-60(6)115)91-106-66(56-144-91)88(134)102-62(51-59(5)93(138)139)52-61-30-32-68(116)65(53-61)105-72(119)25-15-40-98-86(132)63(23-13-14-39-97-76(123)55-114)103-71(118)24-16-41-99-89(135)84(107-74(121)26-17-45-112-77(124)33-34-78(112)125)85(108-75(122)27-18-46-113-79(126)35-36-80(113)127)90(136)100-43-22-50-141-47-19-28-70(117)96-42-21-49-142-48-20-29-73(120)104-64(31-37-81(128)129)87(133)101-44-38-82(130)131/h30,32-36,53,56-59,62-64,67,69,83-85,114,116H,12-29,31,37-52,54-55H2,1-11H3,(H,96,117)(H,97,123)(H,98,132)(H,99,135)(H,100,136)(H,101,133)(H,102,134)(H,103,118)(H,104,120)(H,105,119)(H,107,121)(H,108,122)(H,109,140)(H,128,129)(H,130,131)(H,138,139)/t58-,59-,62+,63-,64-,67+,69+,83-,84+,85+/m0/s1. The number of aromatic nitrogens is 1. The van der Waals surface area contributed by atoms with E-state index in [0.717, 1.165) is 45.4 Å². The number of ether oxygens (including phenoxy) is 3. The van der Waals surface area contributed by atoms with Gasteiger partial charge in [0.1, 0.15) is 53.3 Å². The number of aliphatic hydroxyl groups is 1. The van der Waals surface area contributed by atoms with E-state index in [2.05, 4.69) is 74.1 Å². The van der Waals surface area contributed by atoms with Crippen molar-refractivity contribution in [2.75, 3.05) is 112 Å². The number of phenols is 1. The normalized spacial score (nSPS) is 14.4. The maximum Gasteiger partial charge on any atom is 0.306 e. The van der Waals surface area contributed by atoms with Crippen LogP contribution in [0, 0.1) is 17.8 Å². The van der Waals surface area contributed by atoms with Crippen LogP contribution in [0.15, 0.2) is 47.9 Å². The number of aromatic hydroxyl groups is 1. The van der Waals surface area contributed by atoms with Crippen LogP contribution in [0.1, 0.15) is 230 Å². The molecule has 144 heavy (non-hydrogen) atoms. The van der Waals surface area contributed by atoms with E-state index in [1.165, 1.54) is 42.3 Å². The number of carboxylic acids is 3. The molecule has 0 aliphatic carbocycles. The van der Waals surface area contributed by atoms with Gasteiger partial charge in [0.05, 0.1) is 23.6 Å². The lowest BCUT2D eigenvalue weighted by Crippen LogP contribution is -2.63. The minimum atomic E-state index is -1.92. The number of carbonyl (C=O) groups is 22. The number of hydrogen-bond acceptors (Lipinski definition) is 30. The van der Waals surface area contributed by atoms with Crippen molar-refractivity contribution in [2.45, 2.75) is 263 Å². The van der Waals surface area contributed by atoms with Gasteiger partial charge in [-0.1, -0.05) is 47.1 Å². The first-order valence-electron chi connectivity index (χ1n) is 48.3. The van der Waals surface area contributed by atoms with Crippen LogP contribution in [0.4, 0.5) is 5.69 Å². The number of esters is 1. The summed E-state index contributed by atoms with van der Waals surface area (Å²) in [6.07, 6.45) is 2.37. The highest BCUT2D eigenvalue weighted by Gasteiger charge is 2.41. The van der Waals surface area contributed by atoms with E-state index in [1.807, 2.05) is 27.7 Å². The number of carboxylic acid groups (broad SMARTS) is 3. The SMILES string of the molecule is CC[C@H](C)[C@H](NC(=O)C(C)(C)N(C)C)C(=O)N(C)[C@H](C[C@@H](OC(C)=O)c1nc(C(=O)N[C@@H](Cc2ccc(O)c(NC(=O)CCCNC(=O)[C@H](CCCCNC(=O)CO)NC(=O)CCCNC(=O)[C@H](NC(=O)CCCN3C(=O)C=CC3=O)[C@@H](NC(=O)CCCN3C(=O)C=CC3=O)C(=O)NCCCOCCCC(=O)NCCCOCCCC(=O)N[C@@H](CCC(=O)O)C(=O)NCCC(=O)O)c2)C[C@H](C)C(=O)O)cs1)C(C)C. The molecule has 0 saturated carbocycles. The predicted molar refractivity (Wildman–Crippen MR) is 519 cm³/mol. The summed E-state index contributed by atoms with van der Waals surface area (Å²) in [5.41, 5.74) is -0.669. The topological polar surface area (TPSA) is 687 Å². The minimum Gasteiger partial charge on any atom is -0.506 e. The van der Waals surface area contributed by atoms with Crippen LogP contribution in [0.3, 0.4) is 0 Å². The molecule has 0 saturated heterocycles. The molecule has 49 heteroatoms. The summed E-state index contributed by atoms with van der Waals surface area (Å²) in [5, 5.41) is 83.9. The maximum atomic E-state index is 14.5. The van der Waals surface area contributed by atoms with Gasteiger partial charge in [-0.05, 0) is 147 Å². The summed E-state index contributed by atoms with van der Waals surface area (Å²) in [4.78, 5) is 295. The average molecular weight is 2050 g/mol. The number of aliphatic hydroxyl groups excluding tert-OH is 1. The molecule has 0 unspecified atom stereocenters. The largest absolute Gasteiger partial charge is 0.506 e. The van der Waals surface area contributed by atoms with Crippen molar-refractivity contribution in [3.05, 3.63) is 64.1 Å². The number of anilines is 1. The number of likely N-dealkylation sites (N-methyl/N-ethyl adjacent to an activating group) is 2. The summed E-state index contributed by atoms with van der Waals surface area (Å²) in [6, 6.07) is -4.38. The summed E-state index contributed by atoms with van der Waals surface area (Å²) in [6.45, 7) is 12.5. The Morgan fingerprint density at radius 3 is 1.47 bits per heavy atom. The van der Waals surface area contributed by atoms with Crippen LogP contribution in [0.2, 0.25) is 0 Å². The van der Waals surface area contributed by atoms with Gasteiger partial charge in [0.2, 0.25) is 76.8 Å². The zero-order valence-electron chi connectivity index (χ0n) is 83.7. The molecular weight excluding hydrogens is 1910 g/mol. The molecule has 18 amide bonds. The number of carbonyl (C=O) groups excluding carboxylic acids is 19. The molecule has 4 rings (SSSR count). The second-order valence-corrected chi connectivity index (χ2v) is 36.9. The highest BCUT2D eigenvalue weighted by atomic mass is 32.1. The van der Waals surface area contributed by atoms with Gasteiger partial charge in [0.25, 0.3) is 29.5 Å². The van der Waals surface area contributed by atoms with Crippen molar-refractivity contribution in [1.82, 2.24) is 88.4 Å². The van der Waals surface area contributed by atoms with Crippen molar-refractivity contribution in [1.29, 1.82) is 0 Å². The number of nitrogens with zero attached hydrogens (tertiary/aromatic N) is 5. The number of imide groups is 2. The second-order valence-electron chi connectivity index (χ2n) is 36.0. The smallest absolute Gasteiger partial charge is 0.306 e. The molecule has 0 bridgehead atoms. The van der Waals surface area contributed by atoms with Gasteiger partial charge in [-0.15, -0.1) is 11.3 Å². The summed E-state index contributed by atoms with van der Waals surface area (Å²) in [7, 11) is 5.13. The lowest BCUT2D eigenvalue weighted by molar-refractivity contribution is -0.149. The zero-order valence-corrected chi connectivity index (χ0v) is 84.5. The molecule has 0 spiro atoms. The molecule has 0 radical (unpaired) electrons. The number of amides is 18. The van der Waals surface area contributed by atoms with Crippen molar-refractivity contribution in [2.24, 2.45) is 17.8 Å². The molecule has 48 nitrogen and oxygen atoms in total. The van der Waals surface area contributed by atoms with Crippen LogP contribution < -0.4 is 69.1 Å². The molecule has 1 aromatic carbocycles. The molecule has 3 heterocycles. The number of thiazole rings is 1. The summed E-state index contributed by atoms with van der Waals surface area (Å²) in [5.74, 6) is -18.0. The number of benzene rings is 1. The highest BCUT2D eigenvalue weighted by Crippen LogP contribution is 2.33. The van der Waals surface area contributed by atoms with Gasteiger partial charge in [0, 0.05) is 186 Å². The maximum absolute atomic E-state index is 14.5. The number of nitrogens with one attached hydrogen (secondary N) is 13. The molecule has 2 aliphatic heterocycles. The van der Waals surface area contributed by atoms with E-state index in [4.69, 9.17) is 24.4 Å². The fraction of sp³-hybridized carbons (Fsp3) is 0.632. The van der Waals surface area contributed by atoms with Crippen LogP contribution in [-0.4, -0.2) is 335 Å². The van der Waals surface area contributed by atoms with Crippen molar-refractivity contribution in [3.8, 4) is 5.75 Å². The van der Waals surface area contributed by atoms with E-state index in [0.29, 0.717) is 18.4 Å². The Hall–Kier alpha value is -13.3. The lowest BCUT2D eigenvalue weighted by Gasteiger charge is -2.38. The molecule has 1 aromatic heterocycles. The van der Waals surface area contributed by atoms with Crippen LogP contribution in [-0.2, 0) is 121 Å². The number of unbranched alkanes of at least 4 members (excludes halogenated alkanes) is 1. The summed E-state index contributed by atoms with van der Waals surface area (Å²) >= 11 is 1.02. The highest BCUT2D eigenvalue weighted by molar-refractivity contribution is 7.09. The third kappa shape index (κ3) is 46.0. The van der Waals surface area contributed by atoms with Crippen LogP contribution >= 0.6 is 11.3 Å². The molecule has 18 N–H and O–H groups in total. The van der Waals surface area contributed by atoms with Gasteiger partial charge in [-0.2, -0.15) is 0 Å². The Balaban J connectivity index is 1.41. The second kappa shape index (κ2) is 65.1. The van der Waals surface area contributed by atoms with Gasteiger partial charge in [0.15, 0.2) is 6.10 Å². The zero-order chi connectivity index (χ0) is 107. The number of hydrogen-bond donors (Lipinski definition) is 18. The first-order chi connectivity index (χ1) is 68.2. The van der Waals surface area contributed by atoms with Gasteiger partial charge >= 0.3 is 23.9 Å². The Bertz CT molecular complexity index is 4760. The first kappa shape index (κ1) is 123. The third-order valence-corrected chi connectivity index (χ3v) is 24.6. The molecule has 10 atom stereocenters. The fourth-order valence-electron chi connectivity index (χ4n) is 14.6. The Morgan fingerprint density at radius 2 is 0.965 bits per heavy atom. The Morgan fingerprint density at radius 1 is 0.500 bits per heavy atom. The molecule has 0 fully saturated rings. The molecule has 2 aliphatic rings. The average Bonchev–Trinajstić information content (AvgIpc) is 0.997. The molecule has 800 valence electrons. The number of rotatable bonds is 73. The Kier molecular flexibility index (Phi) is 55.6. The number of aliphatic carboxylic acids is 3. The van der Waals surface area contributed by atoms with Crippen LogP contribution in [0.25, 0.3) is 0 Å². The van der Waals surface area contributed by atoms with E-state index < -0.39 is 198 Å². The summed E-state index contributed by atoms with van der Waals surface area (Å²) < 4.78 is 17.1. The van der Waals surface area contributed by atoms with Crippen LogP contribution in [0.5, 0.6) is 5.75 Å². The minimum absolute atomic E-state index is 0.000986. The quantitative estimate of drug-likeness (QED) is 0.0180. The van der Waals surface area contributed by atoms with Gasteiger partial charge in [-0.3, -0.25) is 120 Å². The Labute approximate surface area is 839 Å². The third-order valence-electron chi connectivity index (χ3n) is 23.6. The molecular formula is C95H144N18O30S. The van der Waals surface area contributed by atoms with E-state index in [1.54, 1.807) is 39.9 Å². The van der Waals surface area contributed by atoms with E-state index in [-0.39, 0.29) is 252 Å². The number of phenolic OH excluding ortho intramolecular Hbond substituents is 1. The van der Waals surface area contributed by atoms with E-state index >= 15 is 0 Å². The lowest BCUT2D eigenvalue weighted by atomic mass is 9.92. The van der Waals surface area contributed by atoms with E-state index in [9.17, 15) is 121 Å². The monoisotopic (exact) mass is 2050 g/mol. The van der Waals surface area contributed by atoms with Gasteiger partial charge < -0.3 is 114 Å². The fourth-order valence-corrected chi connectivity index (χ4v) is 15.5. The van der Waals surface area contributed by atoms with Gasteiger partial charge in [-0.25, -0.2) is 4.98 Å².